The van der Waals surface area contributed by atoms with Gasteiger partial charge >= 0.3 is 0 Å². The number of aromatic nitrogens is 1. The Bertz CT molecular complexity index is 443. The van der Waals surface area contributed by atoms with Crippen molar-refractivity contribution in [2.24, 2.45) is 5.73 Å². The Morgan fingerprint density at radius 3 is 2.94 bits per heavy atom. The summed E-state index contributed by atoms with van der Waals surface area (Å²) in [5.74, 6) is 0.826. The lowest BCUT2D eigenvalue weighted by Crippen LogP contribution is -2.31. The van der Waals surface area contributed by atoms with Crippen molar-refractivity contribution in [2.75, 3.05) is 6.54 Å². The van der Waals surface area contributed by atoms with E-state index in [9.17, 15) is 0 Å². The van der Waals surface area contributed by atoms with Crippen LogP contribution in [-0.4, -0.2) is 11.5 Å². The van der Waals surface area contributed by atoms with Gasteiger partial charge in [0.15, 0.2) is 10.8 Å². The lowest BCUT2D eigenvalue weighted by atomic mass is 9.85. The van der Waals surface area contributed by atoms with E-state index in [-0.39, 0.29) is 5.41 Å². The van der Waals surface area contributed by atoms with Crippen molar-refractivity contribution in [1.29, 1.82) is 0 Å². The van der Waals surface area contributed by atoms with E-state index in [0.717, 1.165) is 22.9 Å². The van der Waals surface area contributed by atoms with Crippen LogP contribution >= 0.6 is 11.3 Å². The quantitative estimate of drug-likeness (QED) is 0.887. The van der Waals surface area contributed by atoms with Crippen molar-refractivity contribution in [1.82, 2.24) is 4.98 Å². The summed E-state index contributed by atoms with van der Waals surface area (Å²) in [5, 5.41) is 3.00. The molecule has 4 heteroatoms. The maximum atomic E-state index is 5.82. The molecule has 16 heavy (non-hydrogen) atoms. The molecule has 0 saturated carbocycles. The smallest absolute Gasteiger partial charge is 0.162 e. The van der Waals surface area contributed by atoms with E-state index in [1.807, 2.05) is 12.1 Å². The monoisotopic (exact) mass is 236 g/mol. The van der Waals surface area contributed by atoms with Gasteiger partial charge in [0.05, 0.1) is 12.0 Å². The fourth-order valence-corrected chi connectivity index (χ4v) is 2.44. The Labute approximate surface area is 99.3 Å². The van der Waals surface area contributed by atoms with Crippen LogP contribution in [0.2, 0.25) is 0 Å². The molecule has 2 heterocycles. The van der Waals surface area contributed by atoms with E-state index in [1.165, 1.54) is 0 Å². The Hall–Kier alpha value is -1.13. The zero-order chi connectivity index (χ0) is 11.6. The number of nitrogens with two attached hydrogens (primary N) is 1. The second-order valence-electron chi connectivity index (χ2n) is 4.13. The summed E-state index contributed by atoms with van der Waals surface area (Å²) in [5.41, 5.74) is 6.86. The molecule has 0 aliphatic rings. The minimum Gasteiger partial charge on any atom is -0.462 e. The lowest BCUT2D eigenvalue weighted by Gasteiger charge is -2.23. The molecule has 1 atom stereocenters. The molecule has 2 aromatic rings. The molecular weight excluding hydrogens is 220 g/mol. The first kappa shape index (κ1) is 11.4. The van der Waals surface area contributed by atoms with Crippen LogP contribution < -0.4 is 5.73 Å². The summed E-state index contributed by atoms with van der Waals surface area (Å²) in [4.78, 5) is 4.61. The minimum absolute atomic E-state index is 0.0264. The van der Waals surface area contributed by atoms with Crippen molar-refractivity contribution in [2.45, 2.75) is 25.7 Å². The number of thiazole rings is 1. The normalized spacial score (nSPS) is 14.9. The van der Waals surface area contributed by atoms with Crippen LogP contribution in [0.25, 0.3) is 10.8 Å². The maximum Gasteiger partial charge on any atom is 0.162 e. The SMILES string of the molecule is CCC(C)(CN)c1csc(-c2ccco2)n1. The molecule has 0 radical (unpaired) electrons. The summed E-state index contributed by atoms with van der Waals surface area (Å²) in [7, 11) is 0. The summed E-state index contributed by atoms with van der Waals surface area (Å²) in [6, 6.07) is 3.80. The van der Waals surface area contributed by atoms with Crippen LogP contribution in [0, 0.1) is 0 Å². The molecule has 2 rings (SSSR count). The molecule has 0 spiro atoms. The molecule has 0 aliphatic carbocycles. The van der Waals surface area contributed by atoms with Gasteiger partial charge in [-0.25, -0.2) is 4.98 Å². The fourth-order valence-electron chi connectivity index (χ4n) is 1.49. The zero-order valence-electron chi connectivity index (χ0n) is 9.56. The van der Waals surface area contributed by atoms with Crippen LogP contribution in [0.1, 0.15) is 26.0 Å². The first-order valence-corrected chi connectivity index (χ1v) is 6.27. The number of hydrogen-bond acceptors (Lipinski definition) is 4. The van der Waals surface area contributed by atoms with Crippen molar-refractivity contribution in [3.63, 3.8) is 0 Å². The standard InChI is InChI=1S/C12H16N2OS/c1-3-12(2,8-13)10-7-16-11(14-10)9-5-4-6-15-9/h4-7H,3,8,13H2,1-2H3. The molecule has 0 amide bonds. The summed E-state index contributed by atoms with van der Waals surface area (Å²) >= 11 is 1.60. The Balaban J connectivity index is 2.33. The maximum absolute atomic E-state index is 5.82. The predicted molar refractivity (Wildman–Crippen MR) is 66.5 cm³/mol. The van der Waals surface area contributed by atoms with E-state index in [2.05, 4.69) is 24.2 Å². The average Bonchev–Trinajstić information content (AvgIpc) is 2.97. The van der Waals surface area contributed by atoms with Crippen molar-refractivity contribution < 1.29 is 4.42 Å². The second kappa shape index (κ2) is 4.39. The lowest BCUT2D eigenvalue weighted by molar-refractivity contribution is 0.455. The van der Waals surface area contributed by atoms with Gasteiger partial charge in [0, 0.05) is 17.3 Å². The van der Waals surface area contributed by atoms with Gasteiger partial charge < -0.3 is 10.2 Å². The molecule has 3 nitrogen and oxygen atoms in total. The Morgan fingerprint density at radius 1 is 1.56 bits per heavy atom. The second-order valence-corrected chi connectivity index (χ2v) is 4.99. The van der Waals surface area contributed by atoms with Gasteiger partial charge in [-0.15, -0.1) is 11.3 Å². The van der Waals surface area contributed by atoms with E-state index in [4.69, 9.17) is 10.2 Å². The Morgan fingerprint density at radius 2 is 2.38 bits per heavy atom. The van der Waals surface area contributed by atoms with Crippen molar-refractivity contribution in [3.8, 4) is 10.8 Å². The third kappa shape index (κ3) is 1.90. The molecule has 2 aromatic heterocycles. The number of hydrogen-bond donors (Lipinski definition) is 1. The highest BCUT2D eigenvalue weighted by molar-refractivity contribution is 7.13. The van der Waals surface area contributed by atoms with Crippen LogP contribution in [0.15, 0.2) is 28.2 Å². The first-order valence-electron chi connectivity index (χ1n) is 5.39. The zero-order valence-corrected chi connectivity index (χ0v) is 10.4. The summed E-state index contributed by atoms with van der Waals surface area (Å²) in [6.45, 7) is 4.90. The van der Waals surface area contributed by atoms with Crippen LogP contribution in [0.5, 0.6) is 0 Å². The van der Waals surface area contributed by atoms with Gasteiger partial charge in [-0.1, -0.05) is 13.8 Å². The molecule has 86 valence electrons. The van der Waals surface area contributed by atoms with Gasteiger partial charge in [-0.2, -0.15) is 0 Å². The van der Waals surface area contributed by atoms with E-state index in [1.54, 1.807) is 17.6 Å². The average molecular weight is 236 g/mol. The first-order chi connectivity index (χ1) is 7.69. The minimum atomic E-state index is -0.0264. The van der Waals surface area contributed by atoms with Gasteiger partial charge in [0.25, 0.3) is 0 Å². The molecule has 1 unspecified atom stereocenters. The highest BCUT2D eigenvalue weighted by Crippen LogP contribution is 2.31. The molecule has 2 N–H and O–H groups in total. The fraction of sp³-hybridized carbons (Fsp3) is 0.417. The predicted octanol–water partition coefficient (Wildman–Crippen LogP) is 3.03. The largest absolute Gasteiger partial charge is 0.462 e. The highest BCUT2D eigenvalue weighted by atomic mass is 32.1. The molecule has 0 saturated heterocycles. The molecule has 0 bridgehead atoms. The van der Waals surface area contributed by atoms with Gasteiger partial charge in [-0.3, -0.25) is 0 Å². The molecule has 0 fully saturated rings. The van der Waals surface area contributed by atoms with Crippen LogP contribution in [0.4, 0.5) is 0 Å². The highest BCUT2D eigenvalue weighted by Gasteiger charge is 2.26. The van der Waals surface area contributed by atoms with Crippen LogP contribution in [-0.2, 0) is 5.41 Å². The third-order valence-corrected chi connectivity index (χ3v) is 3.94. The van der Waals surface area contributed by atoms with Gasteiger partial charge in [0.2, 0.25) is 0 Å². The van der Waals surface area contributed by atoms with Crippen LogP contribution in [0.3, 0.4) is 0 Å². The number of nitrogens with zero attached hydrogens (tertiary/aromatic N) is 1. The van der Waals surface area contributed by atoms with Crippen molar-refractivity contribution >= 4 is 11.3 Å². The van der Waals surface area contributed by atoms with Crippen molar-refractivity contribution in [3.05, 3.63) is 29.5 Å². The van der Waals surface area contributed by atoms with Gasteiger partial charge in [0.1, 0.15) is 0 Å². The van der Waals surface area contributed by atoms with E-state index >= 15 is 0 Å². The van der Waals surface area contributed by atoms with E-state index < -0.39 is 0 Å². The molecule has 0 aliphatic heterocycles. The summed E-state index contributed by atoms with van der Waals surface area (Å²) < 4.78 is 5.33. The number of rotatable bonds is 4. The van der Waals surface area contributed by atoms with E-state index in [0.29, 0.717) is 6.54 Å². The Kier molecular flexibility index (Phi) is 3.12. The third-order valence-electron chi connectivity index (χ3n) is 3.09. The molecular formula is C12H16N2OS. The molecule has 0 aromatic carbocycles. The topological polar surface area (TPSA) is 52.0 Å². The van der Waals surface area contributed by atoms with Gasteiger partial charge in [-0.05, 0) is 18.6 Å². The summed E-state index contributed by atoms with van der Waals surface area (Å²) in [6.07, 6.45) is 2.66. The number of furan rings is 1.